The number of methoxy groups -OCH3 is 1. The van der Waals surface area contributed by atoms with E-state index in [9.17, 15) is 9.59 Å². The first-order chi connectivity index (χ1) is 15.4. The molecule has 0 saturated carbocycles. The Kier molecular flexibility index (Phi) is 6.30. The maximum atomic E-state index is 13.6. The van der Waals surface area contributed by atoms with Crippen LogP contribution in [-0.4, -0.2) is 24.3 Å². The van der Waals surface area contributed by atoms with Crippen molar-refractivity contribution in [2.75, 3.05) is 13.7 Å². The van der Waals surface area contributed by atoms with Gasteiger partial charge in [-0.1, -0.05) is 53.3 Å². The van der Waals surface area contributed by atoms with Gasteiger partial charge in [0.15, 0.2) is 4.80 Å². The van der Waals surface area contributed by atoms with Crippen molar-refractivity contribution in [1.82, 2.24) is 4.57 Å². The number of fused-ring (bicyclic) bond motifs is 1. The molecule has 0 radical (unpaired) electrons. The highest BCUT2D eigenvalue weighted by molar-refractivity contribution is 7.07. The van der Waals surface area contributed by atoms with E-state index in [4.69, 9.17) is 21.1 Å². The largest absolute Gasteiger partial charge is 0.496 e. The summed E-state index contributed by atoms with van der Waals surface area (Å²) >= 11 is 7.36. The van der Waals surface area contributed by atoms with Crippen LogP contribution in [0.2, 0.25) is 5.02 Å². The van der Waals surface area contributed by atoms with E-state index in [1.54, 1.807) is 45.2 Å². The van der Waals surface area contributed by atoms with Gasteiger partial charge in [0.2, 0.25) is 0 Å². The van der Waals surface area contributed by atoms with E-state index >= 15 is 0 Å². The zero-order valence-electron chi connectivity index (χ0n) is 17.8. The van der Waals surface area contributed by atoms with E-state index in [1.807, 2.05) is 30.3 Å². The second kappa shape index (κ2) is 9.14. The predicted molar refractivity (Wildman–Crippen MR) is 125 cm³/mol. The molecule has 1 aliphatic rings. The summed E-state index contributed by atoms with van der Waals surface area (Å²) in [6.07, 6.45) is 1.78. The maximum absolute atomic E-state index is 13.6. The number of hydrogen-bond donors (Lipinski definition) is 0. The van der Waals surface area contributed by atoms with Crippen LogP contribution in [-0.2, 0) is 9.53 Å². The first-order valence-corrected chi connectivity index (χ1v) is 11.2. The number of ether oxygens (including phenoxy) is 2. The normalized spacial score (nSPS) is 15.9. The number of allylic oxidation sites excluding steroid dienone is 1. The molecule has 0 spiro atoms. The Hall–Kier alpha value is -3.16. The van der Waals surface area contributed by atoms with Crippen molar-refractivity contribution < 1.29 is 14.3 Å². The SMILES string of the molecule is CCOC(=O)C1=C(C)N=c2s/c(=C/c3cccc(Cl)c3)c(=O)n2[C@H]1c1ccccc1OC. The Morgan fingerprint density at radius 2 is 2.03 bits per heavy atom. The van der Waals surface area contributed by atoms with Gasteiger partial charge < -0.3 is 9.47 Å². The topological polar surface area (TPSA) is 69.9 Å². The van der Waals surface area contributed by atoms with Crippen LogP contribution < -0.4 is 19.6 Å². The van der Waals surface area contributed by atoms with Gasteiger partial charge in [-0.05, 0) is 43.7 Å². The van der Waals surface area contributed by atoms with Crippen molar-refractivity contribution in [1.29, 1.82) is 0 Å². The van der Waals surface area contributed by atoms with Gasteiger partial charge in [-0.3, -0.25) is 9.36 Å². The number of nitrogens with zero attached hydrogens (tertiary/aromatic N) is 2. The smallest absolute Gasteiger partial charge is 0.338 e. The average molecular weight is 469 g/mol. The van der Waals surface area contributed by atoms with Crippen LogP contribution >= 0.6 is 22.9 Å². The van der Waals surface area contributed by atoms with Gasteiger partial charge in [-0.15, -0.1) is 0 Å². The Bertz CT molecular complexity index is 1400. The molecule has 0 aliphatic carbocycles. The standard InChI is InChI=1S/C24H21ClN2O4S/c1-4-31-23(29)20-14(2)26-24-27(21(20)17-10-5-6-11-18(17)30-3)22(28)19(32-24)13-15-8-7-9-16(25)12-15/h5-13,21H,4H2,1-3H3/b19-13+/t21-/m0/s1. The van der Waals surface area contributed by atoms with Crippen molar-refractivity contribution in [3.05, 3.63) is 95.6 Å². The summed E-state index contributed by atoms with van der Waals surface area (Å²) in [4.78, 5) is 31.6. The van der Waals surface area contributed by atoms with Crippen LogP contribution in [0.3, 0.4) is 0 Å². The predicted octanol–water partition coefficient (Wildman–Crippen LogP) is 3.46. The number of carbonyl (C=O) groups excluding carboxylic acids is 1. The molecule has 0 fully saturated rings. The number of rotatable bonds is 5. The van der Waals surface area contributed by atoms with E-state index in [0.29, 0.717) is 36.9 Å². The number of thiazole rings is 1. The molecule has 0 amide bonds. The van der Waals surface area contributed by atoms with E-state index in [1.165, 1.54) is 15.9 Å². The number of carbonyl (C=O) groups is 1. The van der Waals surface area contributed by atoms with Gasteiger partial charge in [0, 0.05) is 10.6 Å². The van der Waals surface area contributed by atoms with Crippen molar-refractivity contribution >= 4 is 35.0 Å². The van der Waals surface area contributed by atoms with Crippen LogP contribution in [0.4, 0.5) is 0 Å². The maximum Gasteiger partial charge on any atom is 0.338 e. The fourth-order valence-corrected chi connectivity index (χ4v) is 4.97. The number of benzene rings is 2. The summed E-state index contributed by atoms with van der Waals surface area (Å²) in [5.74, 6) is 0.0622. The minimum atomic E-state index is -0.719. The molecule has 8 heteroatoms. The summed E-state index contributed by atoms with van der Waals surface area (Å²) in [6, 6.07) is 13.9. The molecular weight excluding hydrogens is 448 g/mol. The average Bonchev–Trinajstić information content (AvgIpc) is 3.07. The van der Waals surface area contributed by atoms with Gasteiger partial charge in [0.1, 0.15) is 11.8 Å². The molecule has 164 valence electrons. The second-order valence-electron chi connectivity index (χ2n) is 7.10. The Morgan fingerprint density at radius 3 is 2.75 bits per heavy atom. The highest BCUT2D eigenvalue weighted by Crippen LogP contribution is 2.35. The zero-order chi connectivity index (χ0) is 22.8. The quantitative estimate of drug-likeness (QED) is 0.538. The fraction of sp³-hybridized carbons (Fsp3) is 0.208. The summed E-state index contributed by atoms with van der Waals surface area (Å²) in [6.45, 7) is 3.71. The van der Waals surface area contributed by atoms with Gasteiger partial charge in [0.25, 0.3) is 5.56 Å². The first kappa shape index (κ1) is 22.0. The van der Waals surface area contributed by atoms with Crippen molar-refractivity contribution in [2.45, 2.75) is 19.9 Å². The molecule has 0 N–H and O–H groups in total. The van der Waals surface area contributed by atoms with Crippen LogP contribution in [0.25, 0.3) is 6.08 Å². The van der Waals surface area contributed by atoms with E-state index in [0.717, 1.165) is 5.56 Å². The van der Waals surface area contributed by atoms with E-state index < -0.39 is 12.0 Å². The molecule has 1 aliphatic heterocycles. The molecule has 4 rings (SSSR count). The van der Waals surface area contributed by atoms with Crippen LogP contribution in [0, 0.1) is 0 Å². The molecule has 6 nitrogen and oxygen atoms in total. The molecule has 3 aromatic rings. The number of aromatic nitrogens is 1. The lowest BCUT2D eigenvalue weighted by Crippen LogP contribution is -2.40. The summed E-state index contributed by atoms with van der Waals surface area (Å²) in [5, 5.41) is 0.582. The third kappa shape index (κ3) is 4.01. The monoisotopic (exact) mass is 468 g/mol. The Morgan fingerprint density at radius 1 is 1.25 bits per heavy atom. The third-order valence-electron chi connectivity index (χ3n) is 5.10. The Labute approximate surface area is 193 Å². The summed E-state index contributed by atoms with van der Waals surface area (Å²) in [7, 11) is 1.56. The van der Waals surface area contributed by atoms with Gasteiger partial charge >= 0.3 is 5.97 Å². The minimum Gasteiger partial charge on any atom is -0.496 e. The first-order valence-electron chi connectivity index (χ1n) is 10.0. The lowest BCUT2D eigenvalue weighted by molar-refractivity contribution is -0.139. The molecule has 1 atom stereocenters. The zero-order valence-corrected chi connectivity index (χ0v) is 19.4. The number of hydrogen-bond acceptors (Lipinski definition) is 6. The van der Waals surface area contributed by atoms with Crippen molar-refractivity contribution in [2.24, 2.45) is 4.99 Å². The van der Waals surface area contributed by atoms with Crippen LogP contribution in [0.1, 0.15) is 31.0 Å². The summed E-state index contributed by atoms with van der Waals surface area (Å²) < 4.78 is 12.9. The van der Waals surface area contributed by atoms with E-state index in [-0.39, 0.29) is 12.2 Å². The Balaban J connectivity index is 2.00. The molecule has 1 aromatic heterocycles. The molecule has 2 heterocycles. The van der Waals surface area contributed by atoms with Crippen LogP contribution in [0.15, 0.2) is 69.6 Å². The molecule has 0 bridgehead atoms. The molecular formula is C24H21ClN2O4S. The highest BCUT2D eigenvalue weighted by atomic mass is 35.5. The number of halogens is 1. The highest BCUT2D eigenvalue weighted by Gasteiger charge is 2.34. The minimum absolute atomic E-state index is 0.216. The van der Waals surface area contributed by atoms with Crippen molar-refractivity contribution in [3.63, 3.8) is 0 Å². The molecule has 0 saturated heterocycles. The molecule has 2 aromatic carbocycles. The fourth-order valence-electron chi connectivity index (χ4n) is 3.73. The third-order valence-corrected chi connectivity index (χ3v) is 6.32. The molecule has 0 unspecified atom stereocenters. The summed E-state index contributed by atoms with van der Waals surface area (Å²) in [5.41, 5.74) is 2.06. The number of para-hydroxylation sites is 1. The lowest BCUT2D eigenvalue weighted by atomic mass is 9.95. The van der Waals surface area contributed by atoms with Gasteiger partial charge in [-0.25, -0.2) is 9.79 Å². The van der Waals surface area contributed by atoms with E-state index in [2.05, 4.69) is 4.99 Å². The van der Waals surface area contributed by atoms with Gasteiger partial charge in [0.05, 0.1) is 29.5 Å². The lowest BCUT2D eigenvalue weighted by Gasteiger charge is -2.25. The van der Waals surface area contributed by atoms with Gasteiger partial charge in [-0.2, -0.15) is 0 Å². The second-order valence-corrected chi connectivity index (χ2v) is 8.54. The van der Waals surface area contributed by atoms with Crippen molar-refractivity contribution in [3.8, 4) is 5.75 Å². The van der Waals surface area contributed by atoms with Crippen LogP contribution in [0.5, 0.6) is 5.75 Å². The molecule has 32 heavy (non-hydrogen) atoms. The number of esters is 1.